The van der Waals surface area contributed by atoms with Crippen molar-refractivity contribution in [1.29, 1.82) is 0 Å². The van der Waals surface area contributed by atoms with Crippen molar-refractivity contribution in [2.24, 2.45) is 0 Å². The van der Waals surface area contributed by atoms with Crippen LogP contribution in [-0.2, 0) is 11.2 Å². The topological polar surface area (TPSA) is 49.8 Å². The van der Waals surface area contributed by atoms with Gasteiger partial charge >= 0.3 is 0 Å². The number of benzene rings is 1. The van der Waals surface area contributed by atoms with Crippen molar-refractivity contribution in [3.8, 4) is 5.75 Å². The highest BCUT2D eigenvalue weighted by atomic mass is 16.5. The number of nitrogens with zero attached hydrogens (tertiary/aromatic N) is 1. The Bertz CT molecular complexity index is 443. The number of hydrogen-bond acceptors (Lipinski definition) is 3. The van der Waals surface area contributed by atoms with Gasteiger partial charge in [-0.15, -0.1) is 0 Å². The predicted molar refractivity (Wildman–Crippen MR) is 68.5 cm³/mol. The van der Waals surface area contributed by atoms with Crippen LogP contribution in [0.2, 0.25) is 0 Å². The van der Waals surface area contributed by atoms with E-state index in [1.165, 1.54) is 10.5 Å². The van der Waals surface area contributed by atoms with Crippen LogP contribution < -0.4 is 4.74 Å². The highest BCUT2D eigenvalue weighted by Crippen LogP contribution is 2.32. The van der Waals surface area contributed by atoms with Crippen molar-refractivity contribution in [2.45, 2.75) is 25.4 Å². The Morgan fingerprint density at radius 3 is 3.00 bits per heavy atom. The monoisotopic (exact) mass is 249 g/mol. The molecule has 1 unspecified atom stereocenters. The summed E-state index contributed by atoms with van der Waals surface area (Å²) >= 11 is 0. The molecule has 18 heavy (non-hydrogen) atoms. The number of ether oxygens (including phenoxy) is 1. The summed E-state index contributed by atoms with van der Waals surface area (Å²) in [5.41, 5.74) is 2.12. The SMILES string of the molecule is CN(C)C(=O)COc1ccc2c(c1)C(O)CCC2. The zero-order valence-electron chi connectivity index (χ0n) is 10.8. The molecule has 0 aromatic heterocycles. The van der Waals surface area contributed by atoms with E-state index in [2.05, 4.69) is 0 Å². The summed E-state index contributed by atoms with van der Waals surface area (Å²) in [5, 5.41) is 9.92. The Morgan fingerprint density at radius 2 is 2.28 bits per heavy atom. The van der Waals surface area contributed by atoms with E-state index in [0.29, 0.717) is 5.75 Å². The predicted octanol–water partition coefficient (Wildman–Crippen LogP) is 1.52. The first-order valence-corrected chi connectivity index (χ1v) is 6.22. The molecule has 1 atom stereocenters. The van der Waals surface area contributed by atoms with E-state index < -0.39 is 6.10 Å². The van der Waals surface area contributed by atoms with E-state index >= 15 is 0 Å². The summed E-state index contributed by atoms with van der Waals surface area (Å²) in [6.45, 7) is 0.0296. The second kappa shape index (κ2) is 5.40. The fraction of sp³-hybridized carbons (Fsp3) is 0.500. The van der Waals surface area contributed by atoms with Gasteiger partial charge < -0.3 is 14.7 Å². The van der Waals surface area contributed by atoms with Gasteiger partial charge in [-0.3, -0.25) is 4.79 Å². The lowest BCUT2D eigenvalue weighted by Gasteiger charge is -2.22. The van der Waals surface area contributed by atoms with Crippen LogP contribution in [0.1, 0.15) is 30.1 Å². The van der Waals surface area contributed by atoms with Gasteiger partial charge in [-0.1, -0.05) is 6.07 Å². The molecule has 0 aliphatic heterocycles. The second-order valence-electron chi connectivity index (χ2n) is 4.85. The van der Waals surface area contributed by atoms with Crippen LogP contribution in [0.3, 0.4) is 0 Å². The summed E-state index contributed by atoms with van der Waals surface area (Å²) in [5.74, 6) is 0.568. The Hall–Kier alpha value is -1.55. The number of hydrogen-bond donors (Lipinski definition) is 1. The maximum Gasteiger partial charge on any atom is 0.259 e. The van der Waals surface area contributed by atoms with Gasteiger partial charge in [0, 0.05) is 14.1 Å². The minimum Gasteiger partial charge on any atom is -0.484 e. The Labute approximate surface area is 107 Å². The minimum atomic E-state index is -0.401. The molecular formula is C14H19NO3. The third-order valence-corrected chi connectivity index (χ3v) is 3.26. The molecule has 0 bridgehead atoms. The molecule has 1 aromatic rings. The van der Waals surface area contributed by atoms with Crippen LogP contribution in [0.15, 0.2) is 18.2 Å². The Kier molecular flexibility index (Phi) is 3.87. The van der Waals surface area contributed by atoms with Crippen molar-refractivity contribution < 1.29 is 14.6 Å². The molecule has 1 aliphatic rings. The highest BCUT2D eigenvalue weighted by Gasteiger charge is 2.18. The Morgan fingerprint density at radius 1 is 1.50 bits per heavy atom. The van der Waals surface area contributed by atoms with E-state index in [9.17, 15) is 9.90 Å². The molecule has 98 valence electrons. The van der Waals surface area contributed by atoms with Crippen molar-refractivity contribution in [3.63, 3.8) is 0 Å². The third-order valence-electron chi connectivity index (χ3n) is 3.26. The number of aryl methyl sites for hydroxylation is 1. The van der Waals surface area contributed by atoms with Gasteiger partial charge in [0.1, 0.15) is 5.75 Å². The van der Waals surface area contributed by atoms with E-state index in [-0.39, 0.29) is 12.5 Å². The standard InChI is InChI=1S/C14H19NO3/c1-15(2)14(17)9-18-11-7-6-10-4-3-5-13(16)12(10)8-11/h6-8,13,16H,3-5,9H2,1-2H3. The first-order chi connectivity index (χ1) is 8.58. The van der Waals surface area contributed by atoms with Gasteiger partial charge in [0.15, 0.2) is 6.61 Å². The van der Waals surface area contributed by atoms with Crippen molar-refractivity contribution in [2.75, 3.05) is 20.7 Å². The minimum absolute atomic E-state index is 0.0296. The van der Waals surface area contributed by atoms with Crippen molar-refractivity contribution in [1.82, 2.24) is 4.90 Å². The second-order valence-corrected chi connectivity index (χ2v) is 4.85. The van der Waals surface area contributed by atoms with Gasteiger partial charge in [0.2, 0.25) is 0 Å². The van der Waals surface area contributed by atoms with Crippen molar-refractivity contribution >= 4 is 5.91 Å². The molecule has 4 nitrogen and oxygen atoms in total. The molecule has 0 radical (unpaired) electrons. The normalized spacial score (nSPS) is 18.1. The van der Waals surface area contributed by atoms with Crippen LogP contribution in [0, 0.1) is 0 Å². The quantitative estimate of drug-likeness (QED) is 0.883. The van der Waals surface area contributed by atoms with Gasteiger partial charge in [0.25, 0.3) is 5.91 Å². The summed E-state index contributed by atoms with van der Waals surface area (Å²) in [6, 6.07) is 5.69. The number of carbonyl (C=O) groups is 1. The molecule has 1 amide bonds. The zero-order chi connectivity index (χ0) is 13.1. The summed E-state index contributed by atoms with van der Waals surface area (Å²) in [4.78, 5) is 12.9. The van der Waals surface area contributed by atoms with E-state index in [4.69, 9.17) is 4.74 Å². The number of likely N-dealkylation sites (N-methyl/N-ethyl adjacent to an activating group) is 1. The van der Waals surface area contributed by atoms with Crippen LogP contribution in [-0.4, -0.2) is 36.6 Å². The number of carbonyl (C=O) groups excluding carboxylic acids is 1. The average Bonchev–Trinajstić information content (AvgIpc) is 2.36. The molecule has 0 saturated carbocycles. The molecule has 0 spiro atoms. The van der Waals surface area contributed by atoms with Crippen LogP contribution in [0.4, 0.5) is 0 Å². The molecule has 1 aromatic carbocycles. The summed E-state index contributed by atoms with van der Waals surface area (Å²) in [7, 11) is 3.39. The summed E-state index contributed by atoms with van der Waals surface area (Å²) < 4.78 is 5.44. The number of rotatable bonds is 3. The van der Waals surface area contributed by atoms with Crippen LogP contribution in [0.5, 0.6) is 5.75 Å². The maximum absolute atomic E-state index is 11.4. The zero-order valence-corrected chi connectivity index (χ0v) is 10.8. The fourth-order valence-electron chi connectivity index (χ4n) is 2.12. The van der Waals surface area contributed by atoms with Crippen LogP contribution in [0.25, 0.3) is 0 Å². The largest absolute Gasteiger partial charge is 0.484 e. The van der Waals surface area contributed by atoms with Gasteiger partial charge in [-0.2, -0.15) is 0 Å². The highest BCUT2D eigenvalue weighted by molar-refractivity contribution is 5.77. The molecule has 0 fully saturated rings. The maximum atomic E-state index is 11.4. The third kappa shape index (κ3) is 2.82. The smallest absolute Gasteiger partial charge is 0.259 e. The fourth-order valence-corrected chi connectivity index (χ4v) is 2.12. The first kappa shape index (κ1) is 12.9. The number of aliphatic hydroxyl groups excluding tert-OH is 1. The molecule has 0 heterocycles. The molecule has 1 N–H and O–H groups in total. The van der Waals surface area contributed by atoms with Gasteiger partial charge in [0.05, 0.1) is 6.10 Å². The lowest BCUT2D eigenvalue weighted by Crippen LogP contribution is -2.27. The number of amides is 1. The molecule has 2 rings (SSSR count). The average molecular weight is 249 g/mol. The molecule has 4 heteroatoms. The number of fused-ring (bicyclic) bond motifs is 1. The van der Waals surface area contributed by atoms with Gasteiger partial charge in [-0.25, -0.2) is 0 Å². The molecular weight excluding hydrogens is 230 g/mol. The number of aliphatic hydroxyl groups is 1. The lowest BCUT2D eigenvalue weighted by atomic mass is 9.89. The lowest BCUT2D eigenvalue weighted by molar-refractivity contribution is -0.130. The van der Waals surface area contributed by atoms with E-state index in [0.717, 1.165) is 24.8 Å². The van der Waals surface area contributed by atoms with Gasteiger partial charge in [-0.05, 0) is 42.5 Å². The van der Waals surface area contributed by atoms with E-state index in [1.807, 2.05) is 18.2 Å². The Balaban J connectivity index is 2.06. The summed E-state index contributed by atoms with van der Waals surface area (Å²) in [6.07, 6.45) is 2.42. The van der Waals surface area contributed by atoms with Crippen LogP contribution >= 0.6 is 0 Å². The molecule has 0 saturated heterocycles. The van der Waals surface area contributed by atoms with Crippen molar-refractivity contribution in [3.05, 3.63) is 29.3 Å². The van der Waals surface area contributed by atoms with E-state index in [1.54, 1.807) is 14.1 Å². The molecule has 1 aliphatic carbocycles. The first-order valence-electron chi connectivity index (χ1n) is 6.22.